The van der Waals surface area contributed by atoms with Crippen LogP contribution in [0.15, 0.2) is 52.3 Å². The van der Waals surface area contributed by atoms with Crippen LogP contribution in [0.3, 0.4) is 0 Å². The summed E-state index contributed by atoms with van der Waals surface area (Å²) in [5.74, 6) is 0. The van der Waals surface area contributed by atoms with Crippen molar-refractivity contribution in [2.75, 3.05) is 37.9 Å². The first-order chi connectivity index (χ1) is 11.7. The average Bonchev–Trinajstić information content (AvgIpc) is 2.73. The number of methoxy groups -OCH3 is 1. The van der Waals surface area contributed by atoms with Crippen LogP contribution in [0.25, 0.3) is 0 Å². The molecule has 0 aliphatic carbocycles. The molecule has 0 fully saturated rings. The smallest absolute Gasteiger partial charge is 0.0609 e. The highest BCUT2D eigenvalue weighted by Gasteiger charge is 2.26. The molecule has 0 radical (unpaired) electrons. The molecule has 0 amide bonds. The number of fused-ring (bicyclic) bond motifs is 2. The van der Waals surface area contributed by atoms with Crippen molar-refractivity contribution in [2.45, 2.75) is 22.3 Å². The van der Waals surface area contributed by atoms with Gasteiger partial charge in [-0.05, 0) is 60.5 Å². The van der Waals surface area contributed by atoms with E-state index in [-0.39, 0.29) is 6.04 Å². The second-order valence-corrected chi connectivity index (χ2v) is 7.83. The molecule has 0 bridgehead atoms. The van der Waals surface area contributed by atoms with E-state index >= 15 is 0 Å². The molecule has 2 aromatic carbocycles. The van der Waals surface area contributed by atoms with Gasteiger partial charge in [0.2, 0.25) is 0 Å². The lowest BCUT2D eigenvalue weighted by Gasteiger charge is -2.22. The van der Waals surface area contributed by atoms with Crippen molar-refractivity contribution in [1.29, 1.82) is 0 Å². The van der Waals surface area contributed by atoms with Crippen LogP contribution in [-0.4, -0.2) is 33.6 Å². The summed E-state index contributed by atoms with van der Waals surface area (Å²) in [4.78, 5) is 2.63. The highest BCUT2D eigenvalue weighted by molar-refractivity contribution is 8.01. The molecule has 0 aromatic heterocycles. The zero-order valence-electron chi connectivity index (χ0n) is 14.4. The topological polar surface area (TPSA) is 24.5 Å². The summed E-state index contributed by atoms with van der Waals surface area (Å²) in [6, 6.07) is 15.7. The van der Waals surface area contributed by atoms with Gasteiger partial charge >= 0.3 is 0 Å². The van der Waals surface area contributed by atoms with Gasteiger partial charge in [-0.1, -0.05) is 24.3 Å². The maximum atomic E-state index is 5.19. The van der Waals surface area contributed by atoms with Gasteiger partial charge in [0, 0.05) is 30.6 Å². The van der Waals surface area contributed by atoms with Crippen LogP contribution in [0.1, 0.15) is 23.6 Å². The fraction of sp³-hybridized carbons (Fsp3) is 0.368. The van der Waals surface area contributed by atoms with Gasteiger partial charge in [-0.15, -0.1) is 11.8 Å². The third-order valence-electron chi connectivity index (χ3n) is 4.23. The molecule has 0 saturated heterocycles. The van der Waals surface area contributed by atoms with E-state index in [0.717, 1.165) is 19.6 Å². The minimum absolute atomic E-state index is 0.210. The lowest BCUT2D eigenvalue weighted by atomic mass is 9.97. The number of rotatable bonds is 6. The molecule has 24 heavy (non-hydrogen) atoms. The number of hydrogen-bond acceptors (Lipinski definition) is 5. The molecule has 3 rings (SSSR count). The standard InChI is InChI=1S/C19H24N2OS2/c1-21-17-8-5-4-7-15(17)19(20-11-6-12-22-2)16-10-9-14(23-3)13-18(16)24-21/h4-5,7-10,13,19-20H,6,11-12H2,1-3H3. The summed E-state index contributed by atoms with van der Waals surface area (Å²) in [5, 5.41) is 3.74. The maximum absolute atomic E-state index is 5.19. The zero-order chi connectivity index (χ0) is 16.9. The second kappa shape index (κ2) is 8.30. The quantitative estimate of drug-likeness (QED) is 0.462. The molecular formula is C19H24N2OS2. The SMILES string of the molecule is COCCCNC1c2ccc(SC)cc2SN(C)c2ccccc21. The summed E-state index contributed by atoms with van der Waals surface area (Å²) in [5.41, 5.74) is 3.96. The van der Waals surface area contributed by atoms with E-state index in [9.17, 15) is 0 Å². The Balaban J connectivity index is 1.99. The van der Waals surface area contributed by atoms with Gasteiger partial charge in [-0.25, -0.2) is 0 Å². The van der Waals surface area contributed by atoms with E-state index in [1.54, 1.807) is 18.9 Å². The van der Waals surface area contributed by atoms with Gasteiger partial charge in [0.15, 0.2) is 0 Å². The van der Waals surface area contributed by atoms with E-state index in [0.29, 0.717) is 0 Å². The molecule has 1 aliphatic heterocycles. The zero-order valence-corrected chi connectivity index (χ0v) is 16.0. The van der Waals surface area contributed by atoms with Crippen molar-refractivity contribution in [2.24, 2.45) is 0 Å². The monoisotopic (exact) mass is 360 g/mol. The van der Waals surface area contributed by atoms with Crippen LogP contribution in [0.5, 0.6) is 0 Å². The molecule has 1 atom stereocenters. The normalized spacial score (nSPS) is 16.5. The third-order valence-corrected chi connectivity index (χ3v) is 5.97. The third kappa shape index (κ3) is 3.75. The summed E-state index contributed by atoms with van der Waals surface area (Å²) >= 11 is 3.60. The Bertz CT molecular complexity index is 693. The van der Waals surface area contributed by atoms with E-state index in [2.05, 4.69) is 65.4 Å². The molecule has 128 valence electrons. The van der Waals surface area contributed by atoms with Crippen molar-refractivity contribution in [1.82, 2.24) is 5.32 Å². The Morgan fingerprint density at radius 2 is 2.04 bits per heavy atom. The van der Waals surface area contributed by atoms with Crippen LogP contribution in [0, 0.1) is 0 Å². The van der Waals surface area contributed by atoms with Crippen LogP contribution in [0.2, 0.25) is 0 Å². The largest absolute Gasteiger partial charge is 0.385 e. The fourth-order valence-electron chi connectivity index (χ4n) is 3.02. The van der Waals surface area contributed by atoms with Crippen LogP contribution in [0.4, 0.5) is 5.69 Å². The maximum Gasteiger partial charge on any atom is 0.0609 e. The van der Waals surface area contributed by atoms with Crippen LogP contribution in [-0.2, 0) is 4.74 Å². The Morgan fingerprint density at radius 1 is 1.21 bits per heavy atom. The molecule has 5 heteroatoms. The molecule has 1 N–H and O–H groups in total. The highest BCUT2D eigenvalue weighted by atomic mass is 32.2. The minimum Gasteiger partial charge on any atom is -0.385 e. The molecule has 2 aromatic rings. The van der Waals surface area contributed by atoms with Gasteiger partial charge < -0.3 is 14.4 Å². The van der Waals surface area contributed by atoms with Crippen molar-refractivity contribution in [3.63, 3.8) is 0 Å². The molecular weight excluding hydrogens is 336 g/mol. The molecule has 1 heterocycles. The minimum atomic E-state index is 0.210. The molecule has 1 aliphatic rings. The van der Waals surface area contributed by atoms with Crippen LogP contribution >= 0.6 is 23.7 Å². The van der Waals surface area contributed by atoms with Gasteiger partial charge in [0.1, 0.15) is 0 Å². The fourth-order valence-corrected chi connectivity index (χ4v) is 4.57. The first kappa shape index (κ1) is 17.7. The number of hydrogen-bond donors (Lipinski definition) is 1. The van der Waals surface area contributed by atoms with Gasteiger partial charge in [0.05, 0.1) is 11.7 Å². The lowest BCUT2D eigenvalue weighted by molar-refractivity contribution is 0.193. The molecule has 1 unspecified atom stereocenters. The van der Waals surface area contributed by atoms with Crippen molar-refractivity contribution in [3.8, 4) is 0 Å². The summed E-state index contributed by atoms with van der Waals surface area (Å²) in [6.07, 6.45) is 3.14. The predicted octanol–water partition coefficient (Wildman–Crippen LogP) is 4.58. The van der Waals surface area contributed by atoms with E-state index < -0.39 is 0 Å². The highest BCUT2D eigenvalue weighted by Crippen LogP contribution is 2.43. The van der Waals surface area contributed by atoms with Gasteiger partial charge in [-0.3, -0.25) is 0 Å². The van der Waals surface area contributed by atoms with Gasteiger partial charge in [0.25, 0.3) is 0 Å². The second-order valence-electron chi connectivity index (χ2n) is 5.78. The number of benzene rings is 2. The molecule has 3 nitrogen and oxygen atoms in total. The number of thioether (sulfide) groups is 1. The Hall–Kier alpha value is -1.14. The number of ether oxygens (including phenoxy) is 1. The van der Waals surface area contributed by atoms with Crippen molar-refractivity contribution >= 4 is 29.4 Å². The summed E-state index contributed by atoms with van der Waals surface area (Å²) < 4.78 is 7.46. The molecule has 0 spiro atoms. The van der Waals surface area contributed by atoms with Crippen molar-refractivity contribution < 1.29 is 4.74 Å². The summed E-state index contributed by atoms with van der Waals surface area (Å²) in [7, 11) is 3.90. The average molecular weight is 361 g/mol. The Kier molecular flexibility index (Phi) is 6.11. The predicted molar refractivity (Wildman–Crippen MR) is 105 cm³/mol. The molecule has 0 saturated carbocycles. The van der Waals surface area contributed by atoms with Gasteiger partial charge in [-0.2, -0.15) is 0 Å². The van der Waals surface area contributed by atoms with Crippen molar-refractivity contribution in [3.05, 3.63) is 53.6 Å². The number of nitrogens with one attached hydrogen (secondary N) is 1. The first-order valence-corrected chi connectivity index (χ1v) is 10.1. The van der Waals surface area contributed by atoms with Crippen LogP contribution < -0.4 is 9.62 Å². The lowest BCUT2D eigenvalue weighted by Crippen LogP contribution is -2.25. The number of anilines is 1. The Labute approximate surface area is 153 Å². The van der Waals surface area contributed by atoms with E-state index in [1.807, 2.05) is 11.9 Å². The first-order valence-electron chi connectivity index (χ1n) is 8.15. The Morgan fingerprint density at radius 3 is 2.83 bits per heavy atom. The number of nitrogens with zero attached hydrogens (tertiary/aromatic N) is 1. The van der Waals surface area contributed by atoms with E-state index in [1.165, 1.54) is 26.6 Å². The van der Waals surface area contributed by atoms with E-state index in [4.69, 9.17) is 4.74 Å². The summed E-state index contributed by atoms with van der Waals surface area (Å²) in [6.45, 7) is 1.72. The number of para-hydroxylation sites is 1.